The summed E-state index contributed by atoms with van der Waals surface area (Å²) in [5.41, 5.74) is 2.67. The zero-order valence-corrected chi connectivity index (χ0v) is 25.3. The van der Waals surface area contributed by atoms with E-state index in [0.717, 1.165) is 16.8 Å². The number of carbonyl (C=O) groups is 2. The van der Waals surface area contributed by atoms with Crippen LogP contribution >= 0.6 is 0 Å². The second kappa shape index (κ2) is 14.3. The number of hydrogen-bond donors (Lipinski definition) is 1. The number of nitrogens with one attached hydrogen (secondary N) is 1. The van der Waals surface area contributed by atoms with Gasteiger partial charge >= 0.3 is 6.03 Å². The maximum Gasteiger partial charge on any atom is 0.321 e. The van der Waals surface area contributed by atoms with Gasteiger partial charge in [0.25, 0.3) is 0 Å². The number of carbonyl (C=O) groups excluding carboxylic acids is 2. The Kier molecular flexibility index (Phi) is 10.6. The van der Waals surface area contributed by atoms with E-state index in [9.17, 15) is 18.0 Å². The number of piperidine rings is 1. The third-order valence-corrected chi connectivity index (χ3v) is 9.44. The fourth-order valence-electron chi connectivity index (χ4n) is 5.15. The average molecular weight is 593 g/mol. The number of sulfonamides is 1. The number of anilines is 1. The first-order valence-electron chi connectivity index (χ1n) is 14.3. The summed E-state index contributed by atoms with van der Waals surface area (Å²) < 4.78 is 33.5. The van der Waals surface area contributed by atoms with Crippen LogP contribution < -0.4 is 10.1 Å². The molecule has 4 rings (SSSR count). The van der Waals surface area contributed by atoms with E-state index in [1.165, 1.54) is 4.31 Å². The van der Waals surface area contributed by atoms with Gasteiger partial charge in [-0.1, -0.05) is 55.5 Å². The number of para-hydroxylation sites is 1. The Morgan fingerprint density at radius 3 is 2.21 bits per heavy atom. The van der Waals surface area contributed by atoms with Crippen molar-refractivity contribution in [3.63, 3.8) is 0 Å². The summed E-state index contributed by atoms with van der Waals surface area (Å²) in [5, 5.41) is 2.99. The van der Waals surface area contributed by atoms with Gasteiger partial charge in [-0.05, 0) is 67.6 Å². The van der Waals surface area contributed by atoms with Crippen molar-refractivity contribution in [2.45, 2.75) is 50.6 Å². The van der Waals surface area contributed by atoms with E-state index in [-0.39, 0.29) is 36.0 Å². The summed E-state index contributed by atoms with van der Waals surface area (Å²) in [5.74, 6) is 0.453. The Labute approximate surface area is 249 Å². The van der Waals surface area contributed by atoms with E-state index >= 15 is 0 Å². The first-order valence-corrected chi connectivity index (χ1v) is 15.8. The van der Waals surface area contributed by atoms with Crippen LogP contribution in [0.3, 0.4) is 0 Å². The van der Waals surface area contributed by atoms with Gasteiger partial charge in [0.1, 0.15) is 5.75 Å². The van der Waals surface area contributed by atoms with Gasteiger partial charge in [0.05, 0.1) is 18.6 Å². The maximum absolute atomic E-state index is 13.9. The van der Waals surface area contributed by atoms with Crippen molar-refractivity contribution in [1.29, 1.82) is 0 Å². The molecule has 224 valence electrons. The smallest absolute Gasteiger partial charge is 0.321 e. The average Bonchev–Trinajstić information content (AvgIpc) is 3.01. The molecule has 3 amide bonds. The van der Waals surface area contributed by atoms with Crippen molar-refractivity contribution in [3.8, 4) is 5.75 Å². The minimum absolute atomic E-state index is 0.148. The molecular weight excluding hydrogens is 552 g/mol. The molecular formula is C32H40N4O5S. The van der Waals surface area contributed by atoms with Crippen LogP contribution in [0.1, 0.15) is 37.3 Å². The van der Waals surface area contributed by atoms with Crippen LogP contribution in [0.5, 0.6) is 5.75 Å². The van der Waals surface area contributed by atoms with Crippen molar-refractivity contribution >= 4 is 27.6 Å². The number of aryl methyl sites for hydroxylation is 1. The minimum Gasteiger partial charge on any atom is -0.497 e. The molecule has 0 unspecified atom stereocenters. The van der Waals surface area contributed by atoms with Gasteiger partial charge in [-0.2, -0.15) is 4.31 Å². The second-order valence-corrected chi connectivity index (χ2v) is 12.4. The van der Waals surface area contributed by atoms with Crippen LogP contribution in [0.15, 0.2) is 83.8 Å². The molecule has 0 aliphatic carbocycles. The molecule has 0 bridgehead atoms. The molecule has 1 N–H and O–H groups in total. The van der Waals surface area contributed by atoms with Crippen molar-refractivity contribution < 1.29 is 22.7 Å². The van der Waals surface area contributed by atoms with Crippen molar-refractivity contribution in [2.75, 3.05) is 38.6 Å². The highest BCUT2D eigenvalue weighted by atomic mass is 32.2. The number of ether oxygens (including phenoxy) is 1. The van der Waals surface area contributed by atoms with Gasteiger partial charge in [-0.15, -0.1) is 0 Å². The molecule has 1 saturated heterocycles. The van der Waals surface area contributed by atoms with Crippen LogP contribution in [-0.2, 0) is 21.4 Å². The number of rotatable bonds is 11. The van der Waals surface area contributed by atoms with Gasteiger partial charge in [-0.25, -0.2) is 13.2 Å². The molecule has 3 aromatic rings. The summed E-state index contributed by atoms with van der Waals surface area (Å²) in [6.07, 6.45) is 1.75. The highest BCUT2D eigenvalue weighted by Crippen LogP contribution is 2.24. The summed E-state index contributed by atoms with van der Waals surface area (Å²) >= 11 is 0. The fourth-order valence-corrected chi connectivity index (χ4v) is 6.66. The fraction of sp³-hybridized carbons (Fsp3) is 0.375. The van der Waals surface area contributed by atoms with Gasteiger partial charge in [-0.3, -0.25) is 4.79 Å². The molecule has 9 nitrogen and oxygen atoms in total. The van der Waals surface area contributed by atoms with Crippen LogP contribution in [-0.4, -0.2) is 73.8 Å². The molecule has 0 saturated carbocycles. The lowest BCUT2D eigenvalue weighted by atomic mass is 10.0. The highest BCUT2D eigenvalue weighted by Gasteiger charge is 2.33. The van der Waals surface area contributed by atoms with Crippen LogP contribution in [0.2, 0.25) is 0 Å². The van der Waals surface area contributed by atoms with E-state index in [0.29, 0.717) is 44.6 Å². The Morgan fingerprint density at radius 2 is 1.60 bits per heavy atom. The predicted octanol–water partition coefficient (Wildman–Crippen LogP) is 5.13. The standard InChI is InChI=1S/C32H40N4O5S/c1-4-20-35(42(39,40)29-11-6-5-7-12-29)24-31(37)36(23-26-14-16-28(41-3)17-15-26)27-18-21-34(22-19-27)32(38)33-30-13-9-8-10-25(30)2/h5-17,27H,4,18-24H2,1-3H3,(H,33,38). The lowest BCUT2D eigenvalue weighted by Crippen LogP contribution is -2.52. The van der Waals surface area contributed by atoms with Crippen molar-refractivity contribution in [2.24, 2.45) is 0 Å². The maximum atomic E-state index is 13.9. The molecule has 0 spiro atoms. The third kappa shape index (κ3) is 7.68. The number of urea groups is 1. The molecule has 1 aliphatic heterocycles. The van der Waals surface area contributed by atoms with E-state index in [4.69, 9.17) is 4.74 Å². The molecule has 0 aromatic heterocycles. The van der Waals surface area contributed by atoms with Crippen LogP contribution in [0.25, 0.3) is 0 Å². The first-order chi connectivity index (χ1) is 20.2. The summed E-state index contributed by atoms with van der Waals surface area (Å²) in [7, 11) is -2.25. The topological polar surface area (TPSA) is 99.3 Å². The summed E-state index contributed by atoms with van der Waals surface area (Å²) in [6.45, 7) is 5.11. The third-order valence-electron chi connectivity index (χ3n) is 7.58. The van der Waals surface area contributed by atoms with Gasteiger partial charge in [0, 0.05) is 37.9 Å². The summed E-state index contributed by atoms with van der Waals surface area (Å²) in [6, 6.07) is 23.1. The largest absolute Gasteiger partial charge is 0.497 e. The zero-order valence-electron chi connectivity index (χ0n) is 24.5. The van der Waals surface area contributed by atoms with Gasteiger partial charge in [0.2, 0.25) is 15.9 Å². The molecule has 42 heavy (non-hydrogen) atoms. The monoisotopic (exact) mass is 592 g/mol. The quantitative estimate of drug-likeness (QED) is 0.333. The lowest BCUT2D eigenvalue weighted by Gasteiger charge is -2.39. The molecule has 10 heteroatoms. The summed E-state index contributed by atoms with van der Waals surface area (Å²) in [4.78, 5) is 30.6. The van der Waals surface area contributed by atoms with Gasteiger partial charge < -0.3 is 19.9 Å². The van der Waals surface area contributed by atoms with E-state index in [1.54, 1.807) is 47.2 Å². The highest BCUT2D eigenvalue weighted by molar-refractivity contribution is 7.89. The number of nitrogens with zero attached hydrogens (tertiary/aromatic N) is 3. The van der Waals surface area contributed by atoms with Crippen LogP contribution in [0, 0.1) is 6.92 Å². The molecule has 1 fully saturated rings. The van der Waals surface area contributed by atoms with E-state index in [2.05, 4.69) is 5.32 Å². The number of benzene rings is 3. The molecule has 1 aliphatic rings. The molecule has 0 atom stereocenters. The number of hydrogen-bond acceptors (Lipinski definition) is 5. The van der Waals surface area contributed by atoms with Crippen LogP contribution in [0.4, 0.5) is 10.5 Å². The Balaban J connectivity index is 1.51. The SMILES string of the molecule is CCCN(CC(=O)N(Cc1ccc(OC)cc1)C1CCN(C(=O)Nc2ccccc2C)CC1)S(=O)(=O)c1ccccc1. The lowest BCUT2D eigenvalue weighted by molar-refractivity contribution is -0.135. The Morgan fingerprint density at radius 1 is 0.952 bits per heavy atom. The molecule has 1 heterocycles. The second-order valence-electron chi connectivity index (χ2n) is 10.5. The van der Waals surface area contributed by atoms with Crippen molar-refractivity contribution in [1.82, 2.24) is 14.1 Å². The number of likely N-dealkylation sites (tertiary alicyclic amines) is 1. The normalized spacial score (nSPS) is 14.0. The van der Waals surface area contributed by atoms with Crippen molar-refractivity contribution in [3.05, 3.63) is 90.0 Å². The Hall–Kier alpha value is -3.89. The predicted molar refractivity (Wildman–Crippen MR) is 164 cm³/mol. The first kappa shape index (κ1) is 31.1. The Bertz CT molecular complexity index is 1440. The molecule has 3 aromatic carbocycles. The van der Waals surface area contributed by atoms with Gasteiger partial charge in [0.15, 0.2) is 0 Å². The van der Waals surface area contributed by atoms with E-state index < -0.39 is 10.0 Å². The zero-order chi connectivity index (χ0) is 30.1. The van der Waals surface area contributed by atoms with E-state index in [1.807, 2.05) is 62.4 Å². The number of amides is 3. The molecule has 0 radical (unpaired) electrons. The minimum atomic E-state index is -3.85. The number of methoxy groups -OCH3 is 1.